The van der Waals surface area contributed by atoms with Crippen molar-refractivity contribution in [1.29, 1.82) is 0 Å². The average Bonchev–Trinajstić information content (AvgIpc) is 2.81. The Bertz CT molecular complexity index is 935. The van der Waals surface area contributed by atoms with E-state index in [-0.39, 0.29) is 23.7 Å². The van der Waals surface area contributed by atoms with Gasteiger partial charge in [0, 0.05) is 44.3 Å². The molecule has 31 heavy (non-hydrogen) atoms. The van der Waals surface area contributed by atoms with Gasteiger partial charge in [0.25, 0.3) is 0 Å². The maximum atomic E-state index is 13.2. The molecule has 1 unspecified atom stereocenters. The van der Waals surface area contributed by atoms with Crippen LogP contribution in [0.25, 0.3) is 0 Å². The molecule has 1 N–H and O–H groups in total. The van der Waals surface area contributed by atoms with Crippen LogP contribution in [0.4, 0.5) is 5.69 Å². The first-order chi connectivity index (χ1) is 15.0. The standard InChI is InChI=1S/C25H30N2O4/c1-3-31-19-10-8-18(9-11-19)25(12-14-30-15-13-25)17-26-24(29)21-16-23(28)27(2)22-7-5-4-6-20(21)22/h4-11,21H,3,12-17H2,1-2H3,(H,26,29). The zero-order valence-electron chi connectivity index (χ0n) is 18.2. The Morgan fingerprint density at radius 1 is 1.16 bits per heavy atom. The molecule has 4 rings (SSSR count). The van der Waals surface area contributed by atoms with Gasteiger partial charge < -0.3 is 19.7 Å². The van der Waals surface area contributed by atoms with Gasteiger partial charge in [-0.2, -0.15) is 0 Å². The molecule has 164 valence electrons. The van der Waals surface area contributed by atoms with E-state index < -0.39 is 5.92 Å². The minimum Gasteiger partial charge on any atom is -0.494 e. The molecule has 0 saturated carbocycles. The number of para-hydroxylation sites is 1. The Labute approximate surface area is 183 Å². The van der Waals surface area contributed by atoms with Crippen LogP contribution in [0.15, 0.2) is 48.5 Å². The van der Waals surface area contributed by atoms with Gasteiger partial charge in [-0.05, 0) is 49.1 Å². The topological polar surface area (TPSA) is 67.9 Å². The van der Waals surface area contributed by atoms with Crippen molar-refractivity contribution in [1.82, 2.24) is 5.32 Å². The summed E-state index contributed by atoms with van der Waals surface area (Å²) in [6.45, 7) is 4.45. The van der Waals surface area contributed by atoms with Crippen LogP contribution in [0.5, 0.6) is 5.75 Å². The highest BCUT2D eigenvalue weighted by Crippen LogP contribution is 2.37. The van der Waals surface area contributed by atoms with Crippen LogP contribution in [0, 0.1) is 0 Å². The van der Waals surface area contributed by atoms with E-state index in [0.29, 0.717) is 26.4 Å². The first kappa shape index (κ1) is 21.4. The molecular weight excluding hydrogens is 392 g/mol. The van der Waals surface area contributed by atoms with Crippen LogP contribution in [-0.4, -0.2) is 45.2 Å². The molecule has 0 radical (unpaired) electrons. The van der Waals surface area contributed by atoms with Crippen LogP contribution in [0.2, 0.25) is 0 Å². The minimum atomic E-state index is -0.461. The van der Waals surface area contributed by atoms with Crippen molar-refractivity contribution in [2.75, 3.05) is 38.3 Å². The molecule has 2 amide bonds. The maximum Gasteiger partial charge on any atom is 0.228 e. The normalized spacial score (nSPS) is 20.1. The van der Waals surface area contributed by atoms with Gasteiger partial charge in [0.1, 0.15) is 5.75 Å². The van der Waals surface area contributed by atoms with E-state index in [0.717, 1.165) is 29.8 Å². The lowest BCUT2D eigenvalue weighted by Gasteiger charge is -2.39. The third kappa shape index (κ3) is 4.30. The minimum absolute atomic E-state index is 0.0360. The summed E-state index contributed by atoms with van der Waals surface area (Å²) in [5, 5.41) is 3.18. The third-order valence-electron chi connectivity index (χ3n) is 6.57. The summed E-state index contributed by atoms with van der Waals surface area (Å²) in [4.78, 5) is 27.3. The molecule has 1 atom stereocenters. The van der Waals surface area contributed by atoms with Gasteiger partial charge in [-0.25, -0.2) is 0 Å². The van der Waals surface area contributed by atoms with Crippen molar-refractivity contribution in [2.24, 2.45) is 0 Å². The smallest absolute Gasteiger partial charge is 0.228 e. The SMILES string of the molecule is CCOc1ccc(C2(CNC(=O)C3CC(=O)N(C)c4ccccc43)CCOCC2)cc1. The number of rotatable bonds is 6. The summed E-state index contributed by atoms with van der Waals surface area (Å²) >= 11 is 0. The van der Waals surface area contributed by atoms with Crippen LogP contribution >= 0.6 is 0 Å². The van der Waals surface area contributed by atoms with Crippen LogP contribution < -0.4 is 15.0 Å². The second-order valence-corrected chi connectivity index (χ2v) is 8.34. The van der Waals surface area contributed by atoms with E-state index in [2.05, 4.69) is 17.4 Å². The number of nitrogens with one attached hydrogen (secondary N) is 1. The highest BCUT2D eigenvalue weighted by molar-refractivity contribution is 6.02. The van der Waals surface area contributed by atoms with Gasteiger partial charge >= 0.3 is 0 Å². The highest BCUT2D eigenvalue weighted by Gasteiger charge is 2.38. The lowest BCUT2D eigenvalue weighted by molar-refractivity contribution is -0.127. The van der Waals surface area contributed by atoms with Gasteiger partial charge in [0.05, 0.1) is 12.5 Å². The van der Waals surface area contributed by atoms with E-state index in [9.17, 15) is 9.59 Å². The van der Waals surface area contributed by atoms with Gasteiger partial charge in [0.15, 0.2) is 0 Å². The number of anilines is 1. The molecule has 2 aliphatic rings. The molecule has 0 aliphatic carbocycles. The van der Waals surface area contributed by atoms with Crippen molar-refractivity contribution in [2.45, 2.75) is 37.5 Å². The quantitative estimate of drug-likeness (QED) is 0.775. The second kappa shape index (κ2) is 9.10. The van der Waals surface area contributed by atoms with Crippen molar-refractivity contribution < 1.29 is 19.1 Å². The zero-order valence-corrected chi connectivity index (χ0v) is 18.2. The second-order valence-electron chi connectivity index (χ2n) is 8.34. The molecule has 6 nitrogen and oxygen atoms in total. The Hall–Kier alpha value is -2.86. The van der Waals surface area contributed by atoms with E-state index in [1.807, 2.05) is 43.3 Å². The Balaban J connectivity index is 1.53. The van der Waals surface area contributed by atoms with E-state index in [1.165, 1.54) is 5.56 Å². The number of carbonyl (C=O) groups is 2. The lowest BCUT2D eigenvalue weighted by atomic mass is 9.74. The third-order valence-corrected chi connectivity index (χ3v) is 6.57. The fourth-order valence-corrected chi connectivity index (χ4v) is 4.66. The van der Waals surface area contributed by atoms with Crippen molar-refractivity contribution in [3.05, 3.63) is 59.7 Å². The lowest BCUT2D eigenvalue weighted by Crippen LogP contribution is -2.47. The summed E-state index contributed by atoms with van der Waals surface area (Å²) in [7, 11) is 1.76. The number of nitrogens with zero attached hydrogens (tertiary/aromatic N) is 1. The van der Waals surface area contributed by atoms with E-state index in [1.54, 1.807) is 11.9 Å². The maximum absolute atomic E-state index is 13.2. The molecule has 0 bridgehead atoms. The zero-order chi connectivity index (χ0) is 21.8. The Kier molecular flexibility index (Phi) is 6.28. The number of fused-ring (bicyclic) bond motifs is 1. The number of ether oxygens (including phenoxy) is 2. The van der Waals surface area contributed by atoms with Crippen LogP contribution in [0.1, 0.15) is 43.2 Å². The molecular formula is C25H30N2O4. The van der Waals surface area contributed by atoms with Gasteiger partial charge in [-0.3, -0.25) is 9.59 Å². The molecule has 1 saturated heterocycles. The number of hydrogen-bond acceptors (Lipinski definition) is 4. The molecule has 0 spiro atoms. The van der Waals surface area contributed by atoms with Crippen LogP contribution in [0.3, 0.4) is 0 Å². The number of amides is 2. The number of hydrogen-bond donors (Lipinski definition) is 1. The predicted molar refractivity (Wildman–Crippen MR) is 120 cm³/mol. The molecule has 6 heteroatoms. The van der Waals surface area contributed by atoms with Crippen molar-refractivity contribution in [3.63, 3.8) is 0 Å². The van der Waals surface area contributed by atoms with E-state index >= 15 is 0 Å². The molecule has 2 aliphatic heterocycles. The fourth-order valence-electron chi connectivity index (χ4n) is 4.66. The largest absolute Gasteiger partial charge is 0.494 e. The van der Waals surface area contributed by atoms with Crippen LogP contribution in [-0.2, 0) is 19.7 Å². The monoisotopic (exact) mass is 422 g/mol. The van der Waals surface area contributed by atoms with Gasteiger partial charge in [-0.15, -0.1) is 0 Å². The molecule has 2 heterocycles. The number of carbonyl (C=O) groups excluding carboxylic acids is 2. The summed E-state index contributed by atoms with van der Waals surface area (Å²) < 4.78 is 11.2. The molecule has 2 aromatic rings. The molecule has 1 fully saturated rings. The summed E-state index contributed by atoms with van der Waals surface area (Å²) in [6, 6.07) is 15.8. The molecule has 2 aromatic carbocycles. The summed E-state index contributed by atoms with van der Waals surface area (Å²) in [5.41, 5.74) is 2.71. The average molecular weight is 423 g/mol. The highest BCUT2D eigenvalue weighted by atomic mass is 16.5. The van der Waals surface area contributed by atoms with Crippen molar-refractivity contribution >= 4 is 17.5 Å². The summed E-state index contributed by atoms with van der Waals surface area (Å²) in [5.74, 6) is 0.257. The Morgan fingerprint density at radius 2 is 1.87 bits per heavy atom. The van der Waals surface area contributed by atoms with Gasteiger partial charge in [0.2, 0.25) is 11.8 Å². The van der Waals surface area contributed by atoms with E-state index in [4.69, 9.17) is 9.47 Å². The summed E-state index contributed by atoms with van der Waals surface area (Å²) in [6.07, 6.45) is 1.87. The first-order valence-electron chi connectivity index (χ1n) is 11.0. The Morgan fingerprint density at radius 3 is 2.58 bits per heavy atom. The number of benzene rings is 2. The van der Waals surface area contributed by atoms with Crippen molar-refractivity contribution in [3.8, 4) is 5.75 Å². The fraction of sp³-hybridized carbons (Fsp3) is 0.440. The first-order valence-corrected chi connectivity index (χ1v) is 11.0. The predicted octanol–water partition coefficient (Wildman–Crippen LogP) is 3.40. The molecule has 0 aromatic heterocycles. The van der Waals surface area contributed by atoms with Gasteiger partial charge in [-0.1, -0.05) is 30.3 Å².